The number of amides is 2. The van der Waals surface area contributed by atoms with Gasteiger partial charge in [0.05, 0.1) is 0 Å². The minimum atomic E-state index is -1.06. The van der Waals surface area contributed by atoms with Crippen LogP contribution in [0.4, 0.5) is 4.79 Å². The van der Waals surface area contributed by atoms with Crippen LogP contribution in [-0.4, -0.2) is 35.1 Å². The van der Waals surface area contributed by atoms with Crippen LogP contribution in [-0.2, 0) is 4.79 Å². The van der Waals surface area contributed by atoms with Crippen LogP contribution in [0.2, 0.25) is 0 Å². The summed E-state index contributed by atoms with van der Waals surface area (Å²) in [5, 5.41) is 11.9. The Hall–Kier alpha value is -2.04. The van der Waals surface area contributed by atoms with Gasteiger partial charge in [0.25, 0.3) is 0 Å². The average molecular weight is 292 g/mol. The number of carboxylic acid groups (broad SMARTS) is 1. The predicted octanol–water partition coefficient (Wildman–Crippen LogP) is 2.89. The molecular weight excluding hydrogens is 268 g/mol. The van der Waals surface area contributed by atoms with Crippen LogP contribution in [0.5, 0.6) is 0 Å². The van der Waals surface area contributed by atoms with Crippen molar-refractivity contribution in [3.05, 3.63) is 35.9 Å². The predicted molar refractivity (Wildman–Crippen MR) is 82.1 cm³/mol. The molecule has 0 aliphatic carbocycles. The van der Waals surface area contributed by atoms with Gasteiger partial charge in [-0.1, -0.05) is 50.6 Å². The number of nitrogens with zero attached hydrogens (tertiary/aromatic N) is 1. The molecule has 2 N–H and O–H groups in total. The van der Waals surface area contributed by atoms with E-state index in [1.165, 1.54) is 0 Å². The first-order chi connectivity index (χ1) is 9.99. The van der Waals surface area contributed by atoms with Crippen molar-refractivity contribution in [2.75, 3.05) is 13.1 Å². The molecule has 5 heteroatoms. The molecule has 2 atom stereocenters. The highest BCUT2D eigenvalue weighted by atomic mass is 16.4. The molecule has 1 rings (SSSR count). The van der Waals surface area contributed by atoms with E-state index in [1.54, 1.807) is 29.2 Å². The summed E-state index contributed by atoms with van der Waals surface area (Å²) >= 11 is 0. The summed E-state index contributed by atoms with van der Waals surface area (Å²) in [5.74, 6) is -0.676. The van der Waals surface area contributed by atoms with Crippen molar-refractivity contribution in [3.63, 3.8) is 0 Å². The smallest absolute Gasteiger partial charge is 0.330 e. The molecule has 1 aromatic rings. The average Bonchev–Trinajstić information content (AvgIpc) is 2.50. The molecular formula is C16H24N2O3. The molecule has 0 saturated heterocycles. The largest absolute Gasteiger partial charge is 0.479 e. The van der Waals surface area contributed by atoms with Gasteiger partial charge in [0, 0.05) is 13.1 Å². The Bertz CT molecular complexity index is 462. The van der Waals surface area contributed by atoms with E-state index < -0.39 is 12.0 Å². The van der Waals surface area contributed by atoms with Gasteiger partial charge in [-0.15, -0.1) is 0 Å². The van der Waals surface area contributed by atoms with Gasteiger partial charge < -0.3 is 15.3 Å². The second-order valence-corrected chi connectivity index (χ2v) is 5.18. The highest BCUT2D eigenvalue weighted by Gasteiger charge is 2.24. The molecule has 5 nitrogen and oxygen atoms in total. The van der Waals surface area contributed by atoms with E-state index in [-0.39, 0.29) is 6.03 Å². The Kier molecular flexibility index (Phi) is 6.72. The molecule has 1 unspecified atom stereocenters. The monoisotopic (exact) mass is 292 g/mol. The van der Waals surface area contributed by atoms with Crippen LogP contribution in [0.15, 0.2) is 30.3 Å². The first-order valence-electron chi connectivity index (χ1n) is 7.32. The van der Waals surface area contributed by atoms with Crippen molar-refractivity contribution in [1.29, 1.82) is 0 Å². The van der Waals surface area contributed by atoms with E-state index >= 15 is 0 Å². The first kappa shape index (κ1) is 17.0. The Morgan fingerprint density at radius 3 is 2.33 bits per heavy atom. The Balaban J connectivity index is 2.79. The lowest BCUT2D eigenvalue weighted by Crippen LogP contribution is -2.45. The third kappa shape index (κ3) is 5.10. The van der Waals surface area contributed by atoms with Gasteiger partial charge in [0.15, 0.2) is 6.04 Å². The van der Waals surface area contributed by atoms with Crippen molar-refractivity contribution in [2.24, 2.45) is 5.92 Å². The van der Waals surface area contributed by atoms with Crippen molar-refractivity contribution < 1.29 is 14.7 Å². The summed E-state index contributed by atoms with van der Waals surface area (Å²) in [6.45, 7) is 7.21. The number of carbonyl (C=O) groups excluding carboxylic acids is 1. The summed E-state index contributed by atoms with van der Waals surface area (Å²) in [6, 6.07) is 7.36. The lowest BCUT2D eigenvalue weighted by Gasteiger charge is -2.26. The molecule has 0 heterocycles. The number of benzene rings is 1. The van der Waals surface area contributed by atoms with Gasteiger partial charge in [-0.2, -0.15) is 0 Å². The fourth-order valence-electron chi connectivity index (χ4n) is 2.01. The fourth-order valence-corrected chi connectivity index (χ4v) is 2.01. The molecule has 0 aromatic heterocycles. The van der Waals surface area contributed by atoms with E-state index in [0.717, 1.165) is 6.42 Å². The maximum atomic E-state index is 12.3. The zero-order valence-electron chi connectivity index (χ0n) is 12.9. The number of hydrogen-bond donors (Lipinski definition) is 2. The van der Waals surface area contributed by atoms with Crippen LogP contribution in [0.3, 0.4) is 0 Å². The van der Waals surface area contributed by atoms with Crippen molar-refractivity contribution in [3.8, 4) is 0 Å². The summed E-state index contributed by atoms with van der Waals surface area (Å²) < 4.78 is 0. The molecule has 0 bridgehead atoms. The molecule has 2 amide bonds. The van der Waals surface area contributed by atoms with Crippen LogP contribution in [0.1, 0.15) is 38.8 Å². The molecule has 116 valence electrons. The van der Waals surface area contributed by atoms with Crippen LogP contribution in [0, 0.1) is 5.92 Å². The number of hydrogen-bond acceptors (Lipinski definition) is 2. The Labute approximate surface area is 126 Å². The number of aliphatic carboxylic acids is 1. The summed E-state index contributed by atoms with van der Waals surface area (Å²) in [5.41, 5.74) is 0.568. The lowest BCUT2D eigenvalue weighted by atomic mass is 10.1. The van der Waals surface area contributed by atoms with Crippen molar-refractivity contribution >= 4 is 12.0 Å². The summed E-state index contributed by atoms with van der Waals surface area (Å²) in [4.78, 5) is 25.3. The van der Waals surface area contributed by atoms with Gasteiger partial charge in [0.2, 0.25) is 0 Å². The number of carbonyl (C=O) groups is 2. The van der Waals surface area contributed by atoms with Gasteiger partial charge in [0.1, 0.15) is 0 Å². The lowest BCUT2D eigenvalue weighted by molar-refractivity contribution is -0.139. The second kappa shape index (κ2) is 8.29. The highest BCUT2D eigenvalue weighted by Crippen LogP contribution is 2.14. The summed E-state index contributed by atoms with van der Waals surface area (Å²) in [7, 11) is 0. The molecule has 0 fully saturated rings. The number of rotatable bonds is 7. The normalized spacial score (nSPS) is 13.3. The minimum absolute atomic E-state index is 0.339. The standard InChI is InChI=1S/C16H24N2O3/c1-4-12(3)11-18(5-2)16(21)17-14(15(19)20)13-9-7-6-8-10-13/h6-10,12,14H,4-5,11H2,1-3H3,(H,17,21)(H,19,20)/t12?,14-/m0/s1. The van der Waals surface area contributed by atoms with E-state index in [1.807, 2.05) is 13.0 Å². The SMILES string of the molecule is CCC(C)CN(CC)C(=O)N[C@H](C(=O)O)c1ccccc1. The van der Waals surface area contributed by atoms with E-state index in [2.05, 4.69) is 19.2 Å². The topological polar surface area (TPSA) is 69.6 Å². The number of urea groups is 1. The molecule has 21 heavy (non-hydrogen) atoms. The van der Waals surface area contributed by atoms with E-state index in [0.29, 0.717) is 24.6 Å². The van der Waals surface area contributed by atoms with Gasteiger partial charge >= 0.3 is 12.0 Å². The van der Waals surface area contributed by atoms with Crippen molar-refractivity contribution in [2.45, 2.75) is 33.2 Å². The summed E-state index contributed by atoms with van der Waals surface area (Å²) in [6.07, 6.45) is 0.977. The fraction of sp³-hybridized carbons (Fsp3) is 0.500. The molecule has 0 saturated carbocycles. The van der Waals surface area contributed by atoms with Gasteiger partial charge in [-0.25, -0.2) is 9.59 Å². The first-order valence-corrected chi connectivity index (χ1v) is 7.32. The van der Waals surface area contributed by atoms with Gasteiger partial charge in [-0.05, 0) is 18.4 Å². The van der Waals surface area contributed by atoms with Crippen LogP contribution >= 0.6 is 0 Å². The van der Waals surface area contributed by atoms with Crippen molar-refractivity contribution in [1.82, 2.24) is 10.2 Å². The van der Waals surface area contributed by atoms with E-state index in [4.69, 9.17) is 0 Å². The molecule has 1 aromatic carbocycles. The third-order valence-corrected chi connectivity index (χ3v) is 3.55. The highest BCUT2D eigenvalue weighted by molar-refractivity contribution is 5.83. The quantitative estimate of drug-likeness (QED) is 0.812. The molecule has 0 spiro atoms. The number of nitrogens with one attached hydrogen (secondary N) is 1. The van der Waals surface area contributed by atoms with Crippen LogP contribution < -0.4 is 5.32 Å². The Morgan fingerprint density at radius 2 is 1.86 bits per heavy atom. The van der Waals surface area contributed by atoms with Gasteiger partial charge in [-0.3, -0.25) is 0 Å². The Morgan fingerprint density at radius 1 is 1.24 bits per heavy atom. The zero-order chi connectivity index (χ0) is 15.8. The van der Waals surface area contributed by atoms with Crippen LogP contribution in [0.25, 0.3) is 0 Å². The maximum absolute atomic E-state index is 12.3. The minimum Gasteiger partial charge on any atom is -0.479 e. The zero-order valence-corrected chi connectivity index (χ0v) is 12.9. The maximum Gasteiger partial charge on any atom is 0.330 e. The van der Waals surface area contributed by atoms with E-state index in [9.17, 15) is 14.7 Å². The second-order valence-electron chi connectivity index (χ2n) is 5.18. The molecule has 0 radical (unpaired) electrons. The third-order valence-electron chi connectivity index (χ3n) is 3.55. The number of carboxylic acids is 1. The molecule has 0 aliphatic rings. The molecule has 0 aliphatic heterocycles.